The van der Waals surface area contributed by atoms with Gasteiger partial charge in [-0.05, 0) is 49.4 Å². The number of ether oxygens (including phenoxy) is 1. The summed E-state index contributed by atoms with van der Waals surface area (Å²) in [5, 5.41) is 11.7. The maximum Gasteiger partial charge on any atom is 0.340 e. The number of carbonyl (C=O) groups excluding carboxylic acids is 1. The molecule has 0 unspecified atom stereocenters. The summed E-state index contributed by atoms with van der Waals surface area (Å²) in [6.45, 7) is 3.39. The second-order valence-electron chi connectivity index (χ2n) is 9.74. The minimum Gasteiger partial charge on any atom is -0.489 e. The predicted molar refractivity (Wildman–Crippen MR) is 130 cm³/mol. The zero-order valence-electron chi connectivity index (χ0n) is 19.6. The van der Waals surface area contributed by atoms with Crippen LogP contribution in [0, 0.1) is 12.8 Å². The highest BCUT2D eigenvalue weighted by molar-refractivity contribution is 5.85. The molecule has 1 aromatic heterocycles. The minimum absolute atomic E-state index is 0.0154. The number of hydrogen-bond donors (Lipinski definition) is 1. The van der Waals surface area contributed by atoms with Gasteiger partial charge in [-0.15, -0.1) is 0 Å². The lowest BCUT2D eigenvalue weighted by molar-refractivity contribution is -0.142. The fourth-order valence-electron chi connectivity index (χ4n) is 5.47. The van der Waals surface area contributed by atoms with Crippen molar-refractivity contribution < 1.29 is 19.1 Å². The summed E-state index contributed by atoms with van der Waals surface area (Å²) in [5.41, 5.74) is 1.56. The second-order valence-corrected chi connectivity index (χ2v) is 9.74. The molecule has 6 nitrogen and oxygen atoms in total. The average molecular weight is 462 g/mol. The number of rotatable bonds is 5. The number of hydrogen-bond acceptors (Lipinski definition) is 5. The SMILES string of the molecule is Cc1c(CC(=O)N2CC[C@]3(O)CCCC[C@H]3C2)c(=O)oc2cc(OCc3ccccc3)ccc12. The summed E-state index contributed by atoms with van der Waals surface area (Å²) in [6, 6.07) is 15.3. The van der Waals surface area contributed by atoms with E-state index in [4.69, 9.17) is 9.15 Å². The van der Waals surface area contributed by atoms with Crippen molar-refractivity contribution in [3.05, 3.63) is 75.6 Å². The van der Waals surface area contributed by atoms with Gasteiger partial charge in [-0.2, -0.15) is 0 Å². The zero-order valence-corrected chi connectivity index (χ0v) is 19.6. The van der Waals surface area contributed by atoms with Crippen molar-refractivity contribution in [2.45, 2.75) is 57.7 Å². The van der Waals surface area contributed by atoms with Gasteiger partial charge in [0, 0.05) is 30.5 Å². The maximum absolute atomic E-state index is 13.1. The van der Waals surface area contributed by atoms with Crippen molar-refractivity contribution in [1.29, 1.82) is 0 Å². The lowest BCUT2D eigenvalue weighted by Crippen LogP contribution is -2.55. The molecule has 1 aliphatic heterocycles. The Morgan fingerprint density at radius 1 is 1.18 bits per heavy atom. The van der Waals surface area contributed by atoms with E-state index >= 15 is 0 Å². The van der Waals surface area contributed by atoms with Crippen molar-refractivity contribution in [1.82, 2.24) is 4.90 Å². The number of benzene rings is 2. The Morgan fingerprint density at radius 3 is 2.82 bits per heavy atom. The van der Waals surface area contributed by atoms with Crippen LogP contribution >= 0.6 is 0 Å². The molecule has 2 aliphatic rings. The van der Waals surface area contributed by atoms with Gasteiger partial charge in [0.1, 0.15) is 17.9 Å². The molecule has 0 spiro atoms. The van der Waals surface area contributed by atoms with Gasteiger partial charge in [0.25, 0.3) is 0 Å². The second kappa shape index (κ2) is 9.26. The average Bonchev–Trinajstić information content (AvgIpc) is 2.85. The summed E-state index contributed by atoms with van der Waals surface area (Å²) >= 11 is 0. The summed E-state index contributed by atoms with van der Waals surface area (Å²) < 4.78 is 11.5. The molecule has 1 N–H and O–H groups in total. The predicted octanol–water partition coefficient (Wildman–Crippen LogP) is 4.38. The number of amides is 1. The van der Waals surface area contributed by atoms with Crippen molar-refractivity contribution in [2.75, 3.05) is 13.1 Å². The van der Waals surface area contributed by atoms with Crippen LogP contribution in [0.25, 0.3) is 11.0 Å². The Kier molecular flexibility index (Phi) is 6.17. The van der Waals surface area contributed by atoms with Gasteiger partial charge < -0.3 is 19.2 Å². The van der Waals surface area contributed by atoms with Gasteiger partial charge in [0.15, 0.2) is 0 Å². The van der Waals surface area contributed by atoms with E-state index in [0.29, 0.717) is 43.0 Å². The molecule has 34 heavy (non-hydrogen) atoms. The standard InChI is InChI=1S/C28H31NO5/c1-19-23-11-10-22(33-18-20-7-3-2-4-8-20)15-25(23)34-27(31)24(19)16-26(30)29-14-13-28(32)12-6-5-9-21(28)17-29/h2-4,7-8,10-11,15,21,32H,5-6,9,12-14,16-18H2,1H3/t21-,28+/m0/s1. The van der Waals surface area contributed by atoms with E-state index in [9.17, 15) is 14.7 Å². The Bertz CT molecular complexity index is 1250. The van der Waals surface area contributed by atoms with Gasteiger partial charge in [0.05, 0.1) is 17.6 Å². The number of piperidine rings is 1. The van der Waals surface area contributed by atoms with Crippen LogP contribution in [-0.2, 0) is 17.8 Å². The van der Waals surface area contributed by atoms with Gasteiger partial charge in [-0.1, -0.05) is 43.2 Å². The fourth-order valence-corrected chi connectivity index (χ4v) is 5.47. The summed E-state index contributed by atoms with van der Waals surface area (Å²) in [6.07, 6.45) is 4.55. The van der Waals surface area contributed by atoms with Gasteiger partial charge in [-0.25, -0.2) is 4.79 Å². The van der Waals surface area contributed by atoms with Gasteiger partial charge in [-0.3, -0.25) is 4.79 Å². The summed E-state index contributed by atoms with van der Waals surface area (Å²) in [4.78, 5) is 27.7. The monoisotopic (exact) mass is 461 g/mol. The molecule has 2 fully saturated rings. The Balaban J connectivity index is 1.31. The zero-order chi connectivity index (χ0) is 23.7. The molecular formula is C28H31NO5. The first-order chi connectivity index (χ1) is 16.4. The lowest BCUT2D eigenvalue weighted by Gasteiger charge is -2.47. The molecule has 2 atom stereocenters. The van der Waals surface area contributed by atoms with Crippen molar-refractivity contribution in [2.24, 2.45) is 5.92 Å². The lowest BCUT2D eigenvalue weighted by atomic mass is 9.71. The molecule has 0 radical (unpaired) electrons. The molecule has 2 heterocycles. The molecule has 3 aromatic rings. The van der Waals surface area contributed by atoms with Crippen LogP contribution in [0.1, 0.15) is 48.8 Å². The van der Waals surface area contributed by atoms with Crippen molar-refractivity contribution in [3.8, 4) is 5.75 Å². The normalized spacial score (nSPS) is 22.4. The molecule has 6 heteroatoms. The molecule has 5 rings (SSSR count). The molecule has 178 valence electrons. The first-order valence-electron chi connectivity index (χ1n) is 12.2. The molecule has 0 bridgehead atoms. The molecular weight excluding hydrogens is 430 g/mol. The van der Waals surface area contributed by atoms with E-state index in [-0.39, 0.29) is 18.2 Å². The van der Waals surface area contributed by atoms with E-state index in [1.807, 2.05) is 54.3 Å². The van der Waals surface area contributed by atoms with Crippen LogP contribution in [0.3, 0.4) is 0 Å². The third-order valence-corrected chi connectivity index (χ3v) is 7.62. The van der Waals surface area contributed by atoms with E-state index in [1.54, 1.807) is 6.07 Å². The van der Waals surface area contributed by atoms with E-state index in [2.05, 4.69) is 0 Å². The maximum atomic E-state index is 13.1. The summed E-state index contributed by atoms with van der Waals surface area (Å²) in [7, 11) is 0. The Hall–Kier alpha value is -3.12. The number of carbonyl (C=O) groups is 1. The highest BCUT2D eigenvalue weighted by Crippen LogP contribution is 2.40. The molecule has 1 saturated carbocycles. The van der Waals surface area contributed by atoms with E-state index < -0.39 is 11.2 Å². The van der Waals surface area contributed by atoms with Crippen molar-refractivity contribution in [3.63, 3.8) is 0 Å². The van der Waals surface area contributed by atoms with Crippen molar-refractivity contribution >= 4 is 16.9 Å². The van der Waals surface area contributed by atoms with Crippen LogP contribution in [0.4, 0.5) is 0 Å². The highest BCUT2D eigenvalue weighted by Gasteiger charge is 2.43. The highest BCUT2D eigenvalue weighted by atomic mass is 16.5. The number of nitrogens with zero attached hydrogens (tertiary/aromatic N) is 1. The third-order valence-electron chi connectivity index (χ3n) is 7.62. The smallest absolute Gasteiger partial charge is 0.340 e. The van der Waals surface area contributed by atoms with Crippen LogP contribution in [0.15, 0.2) is 57.7 Å². The van der Waals surface area contributed by atoms with Gasteiger partial charge in [0.2, 0.25) is 5.91 Å². The number of aryl methyl sites for hydroxylation is 1. The van der Waals surface area contributed by atoms with Crippen LogP contribution in [-0.4, -0.2) is 34.6 Å². The van der Waals surface area contributed by atoms with E-state index in [0.717, 1.165) is 42.2 Å². The van der Waals surface area contributed by atoms with Crippen LogP contribution < -0.4 is 10.4 Å². The van der Waals surface area contributed by atoms with E-state index in [1.165, 1.54) is 0 Å². The Labute approximate surface area is 199 Å². The van der Waals surface area contributed by atoms with Gasteiger partial charge >= 0.3 is 5.63 Å². The third kappa shape index (κ3) is 4.47. The minimum atomic E-state index is -0.632. The number of fused-ring (bicyclic) bond motifs is 2. The number of likely N-dealkylation sites (tertiary alicyclic amines) is 1. The molecule has 2 aromatic carbocycles. The van der Waals surface area contributed by atoms with Crippen LogP contribution in [0.5, 0.6) is 5.75 Å². The topological polar surface area (TPSA) is 80.0 Å². The summed E-state index contributed by atoms with van der Waals surface area (Å²) in [5.74, 6) is 0.670. The quantitative estimate of drug-likeness (QED) is 0.571. The molecule has 1 amide bonds. The Morgan fingerprint density at radius 2 is 2.00 bits per heavy atom. The number of aliphatic hydroxyl groups is 1. The molecule has 1 saturated heterocycles. The fraction of sp³-hybridized carbons (Fsp3) is 0.429. The van der Waals surface area contributed by atoms with Crippen LogP contribution in [0.2, 0.25) is 0 Å². The first-order valence-corrected chi connectivity index (χ1v) is 12.2. The molecule has 1 aliphatic carbocycles. The largest absolute Gasteiger partial charge is 0.489 e. The first kappa shape index (κ1) is 22.7.